The van der Waals surface area contributed by atoms with Crippen molar-refractivity contribution in [3.8, 4) is 11.5 Å². The summed E-state index contributed by atoms with van der Waals surface area (Å²) in [5.41, 5.74) is 0.180. The highest BCUT2D eigenvalue weighted by Crippen LogP contribution is 2.34. The number of carbonyl (C=O) groups is 1. The van der Waals surface area contributed by atoms with E-state index in [1.807, 2.05) is 0 Å². The first kappa shape index (κ1) is 22.6. The summed E-state index contributed by atoms with van der Waals surface area (Å²) in [5, 5.41) is 3.23. The van der Waals surface area contributed by atoms with Crippen molar-refractivity contribution in [1.29, 1.82) is 0 Å². The highest BCUT2D eigenvalue weighted by Gasteiger charge is 2.20. The maximum absolute atomic E-state index is 12.3. The summed E-state index contributed by atoms with van der Waals surface area (Å²) >= 11 is 17.8. The average molecular weight is 468 g/mol. The van der Waals surface area contributed by atoms with Gasteiger partial charge in [0, 0.05) is 20.2 Å². The van der Waals surface area contributed by atoms with Crippen molar-refractivity contribution < 1.29 is 22.7 Å². The van der Waals surface area contributed by atoms with Gasteiger partial charge in [0.2, 0.25) is 10.0 Å². The Morgan fingerprint density at radius 3 is 2.29 bits per heavy atom. The molecule has 1 amide bonds. The number of nitrogens with zero attached hydrogens (tertiary/aromatic N) is 1. The van der Waals surface area contributed by atoms with E-state index in [4.69, 9.17) is 44.3 Å². The lowest BCUT2D eigenvalue weighted by molar-refractivity contribution is -0.118. The van der Waals surface area contributed by atoms with Gasteiger partial charge < -0.3 is 14.8 Å². The van der Waals surface area contributed by atoms with E-state index in [1.165, 1.54) is 51.5 Å². The molecule has 0 saturated carbocycles. The van der Waals surface area contributed by atoms with E-state index < -0.39 is 22.5 Å². The van der Waals surface area contributed by atoms with Crippen molar-refractivity contribution in [3.05, 3.63) is 45.4 Å². The molecule has 0 atom stereocenters. The normalized spacial score (nSPS) is 11.4. The van der Waals surface area contributed by atoms with Crippen LogP contribution in [0.2, 0.25) is 15.1 Å². The van der Waals surface area contributed by atoms with Gasteiger partial charge in [-0.05, 0) is 24.3 Å². The van der Waals surface area contributed by atoms with Crippen LogP contribution in [0, 0.1) is 0 Å². The third-order valence-corrected chi connectivity index (χ3v) is 6.39. The molecular weight excluding hydrogens is 451 g/mol. The number of hydrogen-bond donors (Lipinski definition) is 1. The van der Waals surface area contributed by atoms with Crippen LogP contribution in [0.1, 0.15) is 0 Å². The zero-order chi connectivity index (χ0) is 21.1. The molecule has 1 N–H and O–H groups in total. The van der Waals surface area contributed by atoms with Crippen molar-refractivity contribution in [2.75, 3.05) is 33.1 Å². The number of anilines is 1. The first-order valence-electron chi connectivity index (χ1n) is 7.74. The van der Waals surface area contributed by atoms with Crippen molar-refractivity contribution in [1.82, 2.24) is 4.31 Å². The zero-order valence-electron chi connectivity index (χ0n) is 15.1. The summed E-state index contributed by atoms with van der Waals surface area (Å²) in [6.07, 6.45) is 0. The Labute approximate surface area is 178 Å². The van der Waals surface area contributed by atoms with Crippen LogP contribution in [0.5, 0.6) is 11.5 Å². The molecule has 2 aromatic rings. The van der Waals surface area contributed by atoms with Crippen LogP contribution in [0.4, 0.5) is 5.69 Å². The van der Waals surface area contributed by atoms with E-state index in [0.29, 0.717) is 5.75 Å². The second-order valence-corrected chi connectivity index (χ2v) is 9.06. The number of hydrogen-bond acceptors (Lipinski definition) is 5. The molecule has 0 aromatic heterocycles. The number of nitrogens with one attached hydrogen (secondary N) is 1. The number of ether oxygens (including phenoxy) is 2. The van der Waals surface area contributed by atoms with Crippen molar-refractivity contribution >= 4 is 56.4 Å². The zero-order valence-corrected chi connectivity index (χ0v) is 18.2. The lowest BCUT2D eigenvalue weighted by Crippen LogP contribution is -2.23. The quantitative estimate of drug-likeness (QED) is 0.624. The van der Waals surface area contributed by atoms with Crippen LogP contribution in [0.3, 0.4) is 0 Å². The maximum atomic E-state index is 12.3. The van der Waals surface area contributed by atoms with Gasteiger partial charge in [-0.15, -0.1) is 0 Å². The fraction of sp³-hybridized carbons (Fsp3) is 0.235. The summed E-state index contributed by atoms with van der Waals surface area (Å²) in [6.45, 7) is -0.397. The topological polar surface area (TPSA) is 84.9 Å². The minimum Gasteiger partial charge on any atom is -0.495 e. The first-order valence-corrected chi connectivity index (χ1v) is 10.3. The molecule has 11 heteroatoms. The van der Waals surface area contributed by atoms with E-state index in [-0.39, 0.29) is 31.4 Å². The third-order valence-electron chi connectivity index (χ3n) is 3.56. The van der Waals surface area contributed by atoms with Gasteiger partial charge in [0.1, 0.15) is 11.5 Å². The molecule has 0 radical (unpaired) electrons. The highest BCUT2D eigenvalue weighted by atomic mass is 35.5. The van der Waals surface area contributed by atoms with Crippen LogP contribution < -0.4 is 14.8 Å². The molecule has 0 aliphatic heterocycles. The number of sulfonamides is 1. The molecule has 0 heterocycles. The number of amides is 1. The van der Waals surface area contributed by atoms with Crippen LogP contribution >= 0.6 is 34.8 Å². The Kier molecular flexibility index (Phi) is 7.41. The molecule has 0 aliphatic carbocycles. The second-order valence-electron chi connectivity index (χ2n) is 5.68. The van der Waals surface area contributed by atoms with Crippen molar-refractivity contribution in [3.63, 3.8) is 0 Å². The molecule has 0 fully saturated rings. The minimum atomic E-state index is -3.68. The van der Waals surface area contributed by atoms with Gasteiger partial charge in [0.25, 0.3) is 5.91 Å². The van der Waals surface area contributed by atoms with E-state index in [1.54, 1.807) is 0 Å². The van der Waals surface area contributed by atoms with Gasteiger partial charge in [0.15, 0.2) is 6.61 Å². The fourth-order valence-corrected chi connectivity index (χ4v) is 3.62. The average Bonchev–Trinajstić information content (AvgIpc) is 2.63. The Morgan fingerprint density at radius 1 is 1.04 bits per heavy atom. The minimum absolute atomic E-state index is 0.00189. The summed E-state index contributed by atoms with van der Waals surface area (Å²) in [4.78, 5) is 12.3. The fourth-order valence-electron chi connectivity index (χ4n) is 2.10. The second kappa shape index (κ2) is 9.19. The van der Waals surface area contributed by atoms with Crippen LogP contribution in [0.25, 0.3) is 0 Å². The highest BCUT2D eigenvalue weighted by molar-refractivity contribution is 7.89. The van der Waals surface area contributed by atoms with Gasteiger partial charge >= 0.3 is 0 Å². The van der Waals surface area contributed by atoms with Crippen LogP contribution in [-0.4, -0.2) is 46.4 Å². The van der Waals surface area contributed by atoms with E-state index in [2.05, 4.69) is 5.32 Å². The van der Waals surface area contributed by atoms with E-state index in [0.717, 1.165) is 4.31 Å². The Balaban J connectivity index is 2.18. The molecular formula is C17H17Cl3N2O5S. The molecule has 7 nitrogen and oxygen atoms in total. The predicted octanol–water partition coefficient (Wildman–Crippen LogP) is 3.92. The third kappa shape index (κ3) is 5.21. The Morgan fingerprint density at radius 2 is 1.68 bits per heavy atom. The summed E-state index contributed by atoms with van der Waals surface area (Å²) in [6, 6.07) is 6.93. The molecule has 28 heavy (non-hydrogen) atoms. The van der Waals surface area contributed by atoms with Gasteiger partial charge in [-0.1, -0.05) is 34.8 Å². The molecule has 2 rings (SSSR count). The molecule has 2 aromatic carbocycles. The summed E-state index contributed by atoms with van der Waals surface area (Å²) < 4.78 is 36.2. The van der Waals surface area contributed by atoms with Gasteiger partial charge in [-0.2, -0.15) is 0 Å². The van der Waals surface area contributed by atoms with Gasteiger partial charge in [0.05, 0.1) is 32.8 Å². The molecule has 152 valence electrons. The monoisotopic (exact) mass is 466 g/mol. The Hall–Kier alpha value is -1.71. The van der Waals surface area contributed by atoms with E-state index in [9.17, 15) is 13.2 Å². The molecule has 0 aliphatic rings. The maximum Gasteiger partial charge on any atom is 0.262 e. The number of rotatable bonds is 7. The standard InChI is InChI=1S/C17H17Cl3N2O5S/c1-22(2)28(24,25)10-4-5-15(26-3)14(6-10)21-17(23)9-27-16-8-12(19)11(18)7-13(16)20/h4-8H,9H2,1-3H3,(H,21,23). The predicted molar refractivity (Wildman–Crippen MR) is 109 cm³/mol. The molecule has 0 bridgehead atoms. The van der Waals surface area contributed by atoms with Crippen LogP contribution in [0.15, 0.2) is 35.2 Å². The SMILES string of the molecule is COc1ccc(S(=O)(=O)N(C)C)cc1NC(=O)COc1cc(Cl)c(Cl)cc1Cl. The van der Waals surface area contributed by atoms with E-state index >= 15 is 0 Å². The molecule has 0 saturated heterocycles. The number of carbonyl (C=O) groups excluding carboxylic acids is 1. The lowest BCUT2D eigenvalue weighted by Gasteiger charge is -2.15. The van der Waals surface area contributed by atoms with Crippen molar-refractivity contribution in [2.24, 2.45) is 0 Å². The first-order chi connectivity index (χ1) is 13.1. The van der Waals surface area contributed by atoms with Crippen molar-refractivity contribution in [2.45, 2.75) is 4.90 Å². The number of benzene rings is 2. The molecule has 0 spiro atoms. The Bertz CT molecular complexity index is 997. The molecule has 0 unspecified atom stereocenters. The summed E-state index contributed by atoms with van der Waals surface area (Å²) in [7, 11) is 0.539. The lowest BCUT2D eigenvalue weighted by atomic mass is 10.3. The van der Waals surface area contributed by atoms with Gasteiger partial charge in [-0.3, -0.25) is 4.79 Å². The van der Waals surface area contributed by atoms with Crippen LogP contribution in [-0.2, 0) is 14.8 Å². The van der Waals surface area contributed by atoms with Gasteiger partial charge in [-0.25, -0.2) is 12.7 Å². The number of halogens is 3. The summed E-state index contributed by atoms with van der Waals surface area (Å²) in [5.74, 6) is -0.0828. The number of methoxy groups -OCH3 is 1. The largest absolute Gasteiger partial charge is 0.495 e. The smallest absolute Gasteiger partial charge is 0.262 e.